The van der Waals surface area contributed by atoms with Crippen molar-refractivity contribution in [1.29, 1.82) is 0 Å². The van der Waals surface area contributed by atoms with Crippen LogP contribution in [0, 0.1) is 0 Å². The number of hydrogen-bond donors (Lipinski definition) is 4. The fourth-order valence-electron chi connectivity index (χ4n) is 7.20. The summed E-state index contributed by atoms with van der Waals surface area (Å²) in [6.45, 7) is 3.18. The van der Waals surface area contributed by atoms with Crippen molar-refractivity contribution in [3.63, 3.8) is 0 Å². The first kappa shape index (κ1) is 26.9. The summed E-state index contributed by atoms with van der Waals surface area (Å²) >= 11 is 12.4. The number of fused-ring (bicyclic) bond motifs is 3. The van der Waals surface area contributed by atoms with Gasteiger partial charge in [0.1, 0.15) is 6.61 Å². The lowest BCUT2D eigenvalue weighted by atomic mass is 9.59. The minimum Gasteiger partial charge on any atom is -0.391 e. The SMILES string of the molecule is O=C(COC1CCC(Cl)C(Cl)C1)NC12CCC(NC(=O)C3CCC(N4CCCC4)CN3)(CC1)C[C@@H]2O. The molecule has 8 nitrogen and oxygen atoms in total. The summed E-state index contributed by atoms with van der Waals surface area (Å²) in [5.41, 5.74) is -1.02. The van der Waals surface area contributed by atoms with Crippen LogP contribution in [0.3, 0.4) is 0 Å². The van der Waals surface area contributed by atoms with Gasteiger partial charge in [-0.3, -0.25) is 14.5 Å². The van der Waals surface area contributed by atoms with Crippen LogP contribution in [-0.2, 0) is 14.3 Å². The van der Waals surface area contributed by atoms with Crippen molar-refractivity contribution in [2.24, 2.45) is 0 Å². The average molecular weight is 546 g/mol. The van der Waals surface area contributed by atoms with Crippen molar-refractivity contribution in [1.82, 2.24) is 20.9 Å². The molecule has 0 spiro atoms. The maximum absolute atomic E-state index is 13.1. The number of rotatable bonds is 7. The highest BCUT2D eigenvalue weighted by Crippen LogP contribution is 2.47. The van der Waals surface area contributed by atoms with Crippen LogP contribution in [0.4, 0.5) is 0 Å². The molecule has 6 aliphatic rings. The highest BCUT2D eigenvalue weighted by atomic mass is 35.5. The van der Waals surface area contributed by atoms with Crippen LogP contribution < -0.4 is 16.0 Å². The lowest BCUT2D eigenvalue weighted by Crippen LogP contribution is -2.71. The number of likely N-dealkylation sites (tertiary alicyclic amines) is 1. The number of nitrogens with one attached hydrogen (secondary N) is 3. The molecule has 2 heterocycles. The molecule has 10 heteroatoms. The Morgan fingerprint density at radius 3 is 2.39 bits per heavy atom. The van der Waals surface area contributed by atoms with Gasteiger partial charge in [-0.25, -0.2) is 0 Å². The second kappa shape index (κ2) is 11.2. The van der Waals surface area contributed by atoms with Gasteiger partial charge in [0.05, 0.1) is 34.5 Å². The molecule has 0 radical (unpaired) electrons. The number of carbonyl (C=O) groups is 2. The van der Waals surface area contributed by atoms with Gasteiger partial charge in [0, 0.05) is 18.1 Å². The number of piperidine rings is 1. The maximum atomic E-state index is 13.1. The topological polar surface area (TPSA) is 103 Å². The van der Waals surface area contributed by atoms with E-state index in [9.17, 15) is 14.7 Å². The third-order valence-corrected chi connectivity index (χ3v) is 10.7. The molecule has 0 aromatic carbocycles. The van der Waals surface area contributed by atoms with Gasteiger partial charge < -0.3 is 25.8 Å². The standard InChI is InChI=1S/C26H42Cl2N4O4/c27-19-5-4-18(13-20(19)28)36-16-23(34)30-26-9-7-25(8-10-26,14-22(26)33)31-24(35)21-6-3-17(15-29-21)32-11-1-2-12-32/h17-22,29,33H,1-16H2,(H,30,34)(H,31,35)/t17?,18?,19?,20?,21?,22-,25?,26?/m0/s1. The number of ether oxygens (including phenoxy) is 1. The second-order valence-electron chi connectivity index (χ2n) is 11.9. The molecule has 6 atom stereocenters. The lowest BCUT2D eigenvalue weighted by Gasteiger charge is -2.56. The van der Waals surface area contributed by atoms with E-state index >= 15 is 0 Å². The van der Waals surface area contributed by atoms with Crippen LogP contribution >= 0.6 is 23.2 Å². The summed E-state index contributed by atoms with van der Waals surface area (Å²) in [5, 5.41) is 20.8. The van der Waals surface area contributed by atoms with Gasteiger partial charge in [0.25, 0.3) is 0 Å². The van der Waals surface area contributed by atoms with Gasteiger partial charge in [0.15, 0.2) is 0 Å². The Morgan fingerprint density at radius 1 is 1.00 bits per heavy atom. The molecule has 0 aromatic rings. The zero-order valence-electron chi connectivity index (χ0n) is 21.2. The molecule has 4 N–H and O–H groups in total. The predicted molar refractivity (Wildman–Crippen MR) is 139 cm³/mol. The highest BCUT2D eigenvalue weighted by molar-refractivity contribution is 6.30. The van der Waals surface area contributed by atoms with E-state index in [1.165, 1.54) is 25.9 Å². The Kier molecular flexibility index (Phi) is 8.40. The molecule has 2 bridgehead atoms. The van der Waals surface area contributed by atoms with Gasteiger partial charge in [-0.05, 0) is 90.1 Å². The number of aliphatic hydroxyl groups is 1. The highest BCUT2D eigenvalue weighted by Gasteiger charge is 2.55. The smallest absolute Gasteiger partial charge is 0.246 e. The molecule has 2 aliphatic heterocycles. The Labute approximate surface area is 224 Å². The van der Waals surface area contributed by atoms with Crippen molar-refractivity contribution >= 4 is 35.0 Å². The van der Waals surface area contributed by atoms with Crippen molar-refractivity contribution in [3.8, 4) is 0 Å². The van der Waals surface area contributed by atoms with Crippen LogP contribution in [0.2, 0.25) is 0 Å². The van der Waals surface area contributed by atoms with E-state index in [4.69, 9.17) is 27.9 Å². The van der Waals surface area contributed by atoms with Gasteiger partial charge in [-0.1, -0.05) is 0 Å². The first-order valence-electron chi connectivity index (χ1n) is 14.0. The summed E-state index contributed by atoms with van der Waals surface area (Å²) in [6, 6.07) is 0.378. The fourth-order valence-corrected chi connectivity index (χ4v) is 7.75. The Balaban J connectivity index is 1.07. The Bertz CT molecular complexity index is 795. The van der Waals surface area contributed by atoms with E-state index in [0.29, 0.717) is 31.7 Å². The number of alkyl halides is 2. The van der Waals surface area contributed by atoms with E-state index in [-0.39, 0.29) is 46.9 Å². The largest absolute Gasteiger partial charge is 0.391 e. The van der Waals surface area contributed by atoms with E-state index in [1.54, 1.807) is 0 Å². The van der Waals surface area contributed by atoms with Crippen molar-refractivity contribution in [3.05, 3.63) is 0 Å². The number of nitrogens with zero attached hydrogens (tertiary/aromatic N) is 1. The number of hydrogen-bond acceptors (Lipinski definition) is 6. The zero-order valence-corrected chi connectivity index (χ0v) is 22.7. The summed E-state index contributed by atoms with van der Waals surface area (Å²) < 4.78 is 5.82. The van der Waals surface area contributed by atoms with Crippen LogP contribution in [0.25, 0.3) is 0 Å². The van der Waals surface area contributed by atoms with Crippen molar-refractivity contribution in [2.45, 2.75) is 123 Å². The minimum atomic E-state index is -0.693. The van der Waals surface area contributed by atoms with Crippen LogP contribution in [0.15, 0.2) is 0 Å². The minimum absolute atomic E-state index is 0.0383. The molecule has 2 saturated heterocycles. The van der Waals surface area contributed by atoms with Crippen LogP contribution in [0.5, 0.6) is 0 Å². The summed E-state index contributed by atoms with van der Waals surface area (Å²) in [5.74, 6) is -0.149. The van der Waals surface area contributed by atoms with E-state index in [0.717, 1.165) is 45.1 Å². The average Bonchev–Trinajstić information content (AvgIpc) is 3.41. The van der Waals surface area contributed by atoms with Gasteiger partial charge in [-0.15, -0.1) is 23.2 Å². The molecule has 36 heavy (non-hydrogen) atoms. The van der Waals surface area contributed by atoms with E-state index in [2.05, 4.69) is 20.9 Å². The molecule has 204 valence electrons. The number of amides is 2. The summed E-state index contributed by atoms with van der Waals surface area (Å²) in [4.78, 5) is 28.4. The third kappa shape index (κ3) is 5.84. The Morgan fingerprint density at radius 2 is 1.75 bits per heavy atom. The molecular formula is C26H42Cl2N4O4. The lowest BCUT2D eigenvalue weighted by molar-refractivity contribution is -0.140. The quantitative estimate of drug-likeness (QED) is 0.366. The van der Waals surface area contributed by atoms with E-state index in [1.807, 2.05) is 0 Å². The zero-order chi connectivity index (χ0) is 25.3. The molecule has 4 saturated carbocycles. The number of halogens is 2. The van der Waals surface area contributed by atoms with Crippen LogP contribution in [0.1, 0.15) is 77.0 Å². The van der Waals surface area contributed by atoms with Gasteiger partial charge in [-0.2, -0.15) is 0 Å². The Hall–Kier alpha value is -0.640. The number of aliphatic hydroxyl groups excluding tert-OH is 1. The molecule has 4 aliphatic carbocycles. The molecule has 6 fully saturated rings. The summed E-state index contributed by atoms with van der Waals surface area (Å²) in [7, 11) is 0. The number of carbonyl (C=O) groups excluding carboxylic acids is 2. The van der Waals surface area contributed by atoms with Crippen molar-refractivity contribution < 1.29 is 19.4 Å². The fraction of sp³-hybridized carbons (Fsp3) is 0.923. The van der Waals surface area contributed by atoms with Gasteiger partial charge >= 0.3 is 0 Å². The molecular weight excluding hydrogens is 503 g/mol. The predicted octanol–water partition coefficient (Wildman–Crippen LogP) is 2.04. The molecule has 6 rings (SSSR count). The second-order valence-corrected chi connectivity index (χ2v) is 13.0. The molecule has 0 aromatic heterocycles. The van der Waals surface area contributed by atoms with Crippen LogP contribution in [-0.4, -0.2) is 94.2 Å². The first-order valence-corrected chi connectivity index (χ1v) is 14.8. The van der Waals surface area contributed by atoms with Gasteiger partial charge in [0.2, 0.25) is 11.8 Å². The molecule has 2 amide bonds. The molecule has 5 unspecified atom stereocenters. The van der Waals surface area contributed by atoms with E-state index < -0.39 is 11.6 Å². The first-order chi connectivity index (χ1) is 17.3. The maximum Gasteiger partial charge on any atom is 0.246 e. The summed E-state index contributed by atoms with van der Waals surface area (Å²) in [6.07, 6.45) is 9.23. The monoisotopic (exact) mass is 544 g/mol. The third-order valence-electron chi connectivity index (χ3n) is 9.56. The normalized spacial score (nSPS) is 43.3. The van der Waals surface area contributed by atoms with Crippen molar-refractivity contribution in [2.75, 3.05) is 26.2 Å².